The Labute approximate surface area is 133 Å². The molecule has 0 saturated carbocycles. The van der Waals surface area contributed by atoms with Crippen LogP contribution in [0.25, 0.3) is 0 Å². The van der Waals surface area contributed by atoms with E-state index in [4.69, 9.17) is 23.4 Å². The molecule has 0 saturated heterocycles. The molecule has 1 aromatic heterocycles. The molecule has 1 aromatic carbocycles. The van der Waals surface area contributed by atoms with Gasteiger partial charge in [-0.2, -0.15) is 4.42 Å². The van der Waals surface area contributed by atoms with Crippen molar-refractivity contribution in [3.63, 3.8) is 0 Å². The van der Waals surface area contributed by atoms with Gasteiger partial charge in [0.25, 0.3) is 0 Å². The van der Waals surface area contributed by atoms with E-state index in [0.717, 1.165) is 24.9 Å². The fraction of sp³-hybridized carbons (Fsp3) is 0.286. The fourth-order valence-corrected chi connectivity index (χ4v) is 3.97. The lowest BCUT2D eigenvalue weighted by molar-refractivity contribution is 0.277. The van der Waals surface area contributed by atoms with E-state index in [1.807, 2.05) is 12.1 Å². The predicted octanol–water partition coefficient (Wildman–Crippen LogP) is 4.82. The minimum absolute atomic E-state index is 0. The van der Waals surface area contributed by atoms with Crippen molar-refractivity contribution in [1.82, 2.24) is 4.42 Å². The Morgan fingerprint density at radius 2 is 2.00 bits per heavy atom. The summed E-state index contributed by atoms with van der Waals surface area (Å²) in [5.41, 5.74) is 2.45. The zero-order valence-corrected chi connectivity index (χ0v) is 13.3. The summed E-state index contributed by atoms with van der Waals surface area (Å²) >= 11 is 14.9. The van der Waals surface area contributed by atoms with Crippen LogP contribution in [0.15, 0.2) is 41.8 Å². The quantitative estimate of drug-likeness (QED) is 0.432. The van der Waals surface area contributed by atoms with Crippen molar-refractivity contribution in [1.29, 1.82) is 0 Å². The molecular formula is C14H14Cl3NS. The number of benzene rings is 1. The third-order valence-electron chi connectivity index (χ3n) is 3.38. The van der Waals surface area contributed by atoms with Crippen molar-refractivity contribution in [2.75, 3.05) is 6.54 Å². The van der Waals surface area contributed by atoms with Gasteiger partial charge >= 0.3 is 0 Å². The van der Waals surface area contributed by atoms with Crippen molar-refractivity contribution in [2.45, 2.75) is 17.8 Å². The van der Waals surface area contributed by atoms with Crippen LogP contribution in [-0.2, 0) is 17.8 Å². The third-order valence-corrected chi connectivity index (χ3v) is 5.34. The van der Waals surface area contributed by atoms with Crippen molar-refractivity contribution in [3.05, 3.63) is 57.8 Å². The number of fused-ring (bicyclic) bond motifs is 1. The average molecular weight is 335 g/mol. The highest BCUT2D eigenvalue weighted by molar-refractivity contribution is 7.09. The molecule has 1 unspecified atom stereocenters. The van der Waals surface area contributed by atoms with Gasteiger partial charge in [-0.25, -0.2) is 0 Å². The first-order valence-corrected chi connectivity index (χ1v) is 7.53. The molecule has 2 heterocycles. The van der Waals surface area contributed by atoms with E-state index in [1.165, 1.54) is 10.4 Å². The predicted molar refractivity (Wildman–Crippen MR) is 85.5 cm³/mol. The lowest BCUT2D eigenvalue weighted by Crippen LogP contribution is -2.42. The van der Waals surface area contributed by atoms with Crippen LogP contribution in [-0.4, -0.2) is 11.0 Å². The van der Waals surface area contributed by atoms with E-state index in [2.05, 4.69) is 29.6 Å². The molecule has 1 aliphatic heterocycles. The molecule has 1 aliphatic rings. The zero-order valence-electron chi connectivity index (χ0n) is 10.2. The number of alkyl halides is 1. The summed E-state index contributed by atoms with van der Waals surface area (Å²) in [5, 5.41) is 2.07. The van der Waals surface area contributed by atoms with Crippen LogP contribution in [0.1, 0.15) is 16.0 Å². The van der Waals surface area contributed by atoms with Gasteiger partial charge in [-0.05, 0) is 40.8 Å². The summed E-state index contributed by atoms with van der Waals surface area (Å²) in [6.45, 7) is 0.785. The molecular weight excluding hydrogens is 321 g/mol. The van der Waals surface area contributed by atoms with Gasteiger partial charge in [0.1, 0.15) is 5.00 Å². The molecule has 0 aliphatic carbocycles. The lowest BCUT2D eigenvalue weighted by Gasteiger charge is -2.39. The minimum Gasteiger partial charge on any atom is -0.195 e. The Morgan fingerprint density at radius 3 is 2.74 bits per heavy atom. The highest BCUT2D eigenvalue weighted by Crippen LogP contribution is 2.43. The van der Waals surface area contributed by atoms with Gasteiger partial charge in [-0.15, -0.1) is 23.7 Å². The molecule has 5 heteroatoms. The Hall–Kier alpha value is -0.250. The summed E-state index contributed by atoms with van der Waals surface area (Å²) in [7, 11) is 0. The van der Waals surface area contributed by atoms with E-state index >= 15 is 0 Å². The van der Waals surface area contributed by atoms with Gasteiger partial charge in [-0.3, -0.25) is 0 Å². The van der Waals surface area contributed by atoms with Crippen molar-refractivity contribution in [3.8, 4) is 0 Å². The smallest absolute Gasteiger partial charge is 0.140 e. The SMILES string of the molecule is Cl.ClN1CCc2ccccc2C1(Cl)Cc1cccs1. The molecule has 0 spiro atoms. The van der Waals surface area contributed by atoms with Crippen molar-refractivity contribution >= 4 is 47.1 Å². The molecule has 0 radical (unpaired) electrons. The molecule has 1 nitrogen and oxygen atoms in total. The van der Waals surface area contributed by atoms with Gasteiger partial charge in [0.2, 0.25) is 0 Å². The zero-order chi connectivity index (χ0) is 12.6. The van der Waals surface area contributed by atoms with Crippen LogP contribution in [0.2, 0.25) is 0 Å². The molecule has 2 aromatic rings. The normalized spacial score (nSPS) is 22.6. The molecule has 102 valence electrons. The molecule has 1 atom stereocenters. The maximum Gasteiger partial charge on any atom is 0.140 e. The van der Waals surface area contributed by atoms with Gasteiger partial charge in [0, 0.05) is 17.8 Å². The van der Waals surface area contributed by atoms with Crippen LogP contribution in [0.5, 0.6) is 0 Å². The van der Waals surface area contributed by atoms with Crippen LogP contribution in [0.4, 0.5) is 0 Å². The van der Waals surface area contributed by atoms with Gasteiger partial charge in [-0.1, -0.05) is 41.9 Å². The van der Waals surface area contributed by atoms with Gasteiger partial charge < -0.3 is 0 Å². The van der Waals surface area contributed by atoms with Crippen LogP contribution < -0.4 is 0 Å². The van der Waals surface area contributed by atoms with Crippen LogP contribution >= 0.6 is 47.1 Å². The second-order valence-electron chi connectivity index (χ2n) is 4.51. The molecule has 0 bridgehead atoms. The highest BCUT2D eigenvalue weighted by atomic mass is 35.5. The summed E-state index contributed by atoms with van der Waals surface area (Å²) < 4.78 is 1.75. The number of hydrogen-bond donors (Lipinski definition) is 0. The van der Waals surface area contributed by atoms with Crippen LogP contribution in [0.3, 0.4) is 0 Å². The standard InChI is InChI=1S/C14H13Cl2NS.ClH/c15-14(10-12-5-3-9-18-12)13-6-2-1-4-11(13)7-8-17(14)16;/h1-6,9H,7-8,10H2;1H. The van der Waals surface area contributed by atoms with E-state index in [-0.39, 0.29) is 12.4 Å². The second-order valence-corrected chi connectivity index (χ2v) is 6.57. The van der Waals surface area contributed by atoms with E-state index in [1.54, 1.807) is 15.8 Å². The van der Waals surface area contributed by atoms with E-state index in [0.29, 0.717) is 0 Å². The Bertz CT molecular complexity index is 543. The average Bonchev–Trinajstić information content (AvgIpc) is 2.87. The summed E-state index contributed by atoms with van der Waals surface area (Å²) in [5.74, 6) is 0. The number of nitrogens with zero attached hydrogens (tertiary/aromatic N) is 1. The summed E-state index contributed by atoms with van der Waals surface area (Å²) in [4.78, 5) is 0.633. The van der Waals surface area contributed by atoms with Crippen LogP contribution in [0, 0.1) is 0 Å². The number of halogens is 3. The number of rotatable bonds is 2. The first-order valence-electron chi connectivity index (χ1n) is 5.93. The monoisotopic (exact) mass is 333 g/mol. The lowest BCUT2D eigenvalue weighted by atomic mass is 9.91. The maximum absolute atomic E-state index is 6.85. The molecule has 0 fully saturated rings. The Morgan fingerprint density at radius 1 is 1.21 bits per heavy atom. The Kier molecular flexibility index (Phi) is 4.80. The van der Waals surface area contributed by atoms with Crippen molar-refractivity contribution in [2.24, 2.45) is 0 Å². The van der Waals surface area contributed by atoms with Gasteiger partial charge in [0.15, 0.2) is 0 Å². The topological polar surface area (TPSA) is 3.24 Å². The second kappa shape index (κ2) is 6.02. The molecule has 0 amide bonds. The third kappa shape index (κ3) is 2.79. The Balaban J connectivity index is 0.00000133. The molecule has 0 N–H and O–H groups in total. The number of thiophene rings is 1. The van der Waals surface area contributed by atoms with E-state index in [9.17, 15) is 0 Å². The fourth-order valence-electron chi connectivity index (χ4n) is 2.46. The largest absolute Gasteiger partial charge is 0.195 e. The summed E-state index contributed by atoms with van der Waals surface area (Å²) in [6, 6.07) is 12.5. The van der Waals surface area contributed by atoms with Crippen molar-refractivity contribution < 1.29 is 0 Å². The maximum atomic E-state index is 6.85. The molecule has 19 heavy (non-hydrogen) atoms. The van der Waals surface area contributed by atoms with Gasteiger partial charge in [0.05, 0.1) is 0 Å². The molecule has 3 rings (SSSR count). The summed E-state index contributed by atoms with van der Waals surface area (Å²) in [6.07, 6.45) is 1.70. The highest BCUT2D eigenvalue weighted by Gasteiger charge is 2.40. The minimum atomic E-state index is -0.624. The first-order chi connectivity index (χ1) is 8.70. The number of hydrogen-bond acceptors (Lipinski definition) is 2. The van der Waals surface area contributed by atoms with E-state index < -0.39 is 5.00 Å². The first kappa shape index (κ1) is 15.1.